The molecule has 0 aromatic carbocycles. The van der Waals surface area contributed by atoms with Gasteiger partial charge in [-0.25, -0.2) is 5.01 Å². The second kappa shape index (κ2) is 4.21. The van der Waals surface area contributed by atoms with E-state index in [0.717, 1.165) is 38.8 Å². The van der Waals surface area contributed by atoms with Gasteiger partial charge in [-0.3, -0.25) is 5.43 Å². The standard InChI is InChI=1S/C9H18N2O/c1-2-9(1)3-4-10-11-5-7-12-8-6-11/h9-10H,1-8H2. The number of ether oxygens (including phenoxy) is 1. The molecule has 0 bridgehead atoms. The highest BCUT2D eigenvalue weighted by Gasteiger charge is 2.20. The Morgan fingerprint density at radius 2 is 2.00 bits per heavy atom. The molecule has 1 aliphatic heterocycles. The van der Waals surface area contributed by atoms with E-state index in [0.29, 0.717) is 0 Å². The molecule has 0 spiro atoms. The summed E-state index contributed by atoms with van der Waals surface area (Å²) in [4.78, 5) is 0. The summed E-state index contributed by atoms with van der Waals surface area (Å²) in [6.07, 6.45) is 4.28. The van der Waals surface area contributed by atoms with Gasteiger partial charge in [0.1, 0.15) is 0 Å². The van der Waals surface area contributed by atoms with Gasteiger partial charge in [-0.2, -0.15) is 0 Å². The van der Waals surface area contributed by atoms with Crippen molar-refractivity contribution in [1.82, 2.24) is 10.4 Å². The van der Waals surface area contributed by atoms with Crippen LogP contribution in [-0.2, 0) is 4.74 Å². The lowest BCUT2D eigenvalue weighted by molar-refractivity contribution is 0.0117. The zero-order chi connectivity index (χ0) is 8.23. The van der Waals surface area contributed by atoms with Crippen molar-refractivity contribution < 1.29 is 4.74 Å². The first-order valence-corrected chi connectivity index (χ1v) is 5.01. The molecule has 1 heterocycles. The van der Waals surface area contributed by atoms with Crippen LogP contribution in [0.15, 0.2) is 0 Å². The van der Waals surface area contributed by atoms with Crippen LogP contribution < -0.4 is 5.43 Å². The van der Waals surface area contributed by atoms with Crippen molar-refractivity contribution in [2.24, 2.45) is 5.92 Å². The lowest BCUT2D eigenvalue weighted by Crippen LogP contribution is -2.46. The van der Waals surface area contributed by atoms with Crippen LogP contribution in [0.5, 0.6) is 0 Å². The molecule has 70 valence electrons. The van der Waals surface area contributed by atoms with Gasteiger partial charge in [0, 0.05) is 19.6 Å². The molecule has 2 fully saturated rings. The second-order valence-electron chi connectivity index (χ2n) is 3.74. The van der Waals surface area contributed by atoms with E-state index < -0.39 is 0 Å². The molecule has 12 heavy (non-hydrogen) atoms. The largest absolute Gasteiger partial charge is 0.379 e. The summed E-state index contributed by atoms with van der Waals surface area (Å²) in [6, 6.07) is 0. The van der Waals surface area contributed by atoms with E-state index in [2.05, 4.69) is 10.4 Å². The van der Waals surface area contributed by atoms with Crippen molar-refractivity contribution in [3.8, 4) is 0 Å². The number of hydrazine groups is 1. The molecule has 0 aromatic heterocycles. The van der Waals surface area contributed by atoms with E-state index in [-0.39, 0.29) is 0 Å². The van der Waals surface area contributed by atoms with Crippen molar-refractivity contribution in [2.75, 3.05) is 32.8 Å². The van der Waals surface area contributed by atoms with Gasteiger partial charge >= 0.3 is 0 Å². The maximum Gasteiger partial charge on any atom is 0.0608 e. The van der Waals surface area contributed by atoms with Crippen LogP contribution >= 0.6 is 0 Å². The fraction of sp³-hybridized carbons (Fsp3) is 1.00. The number of hydrogen-bond donors (Lipinski definition) is 1. The molecular formula is C9H18N2O. The van der Waals surface area contributed by atoms with E-state index in [1.165, 1.54) is 19.3 Å². The first-order valence-electron chi connectivity index (χ1n) is 5.01. The molecule has 1 saturated heterocycles. The Labute approximate surface area is 74.0 Å². The van der Waals surface area contributed by atoms with Crippen LogP contribution in [0.4, 0.5) is 0 Å². The minimum Gasteiger partial charge on any atom is -0.379 e. The molecule has 3 nitrogen and oxygen atoms in total. The third kappa shape index (κ3) is 2.73. The monoisotopic (exact) mass is 170 g/mol. The topological polar surface area (TPSA) is 24.5 Å². The minimum atomic E-state index is 0.885. The Bertz CT molecular complexity index is 130. The third-order valence-electron chi connectivity index (χ3n) is 2.60. The maximum atomic E-state index is 5.26. The van der Waals surface area contributed by atoms with Crippen molar-refractivity contribution in [3.05, 3.63) is 0 Å². The van der Waals surface area contributed by atoms with E-state index in [1.807, 2.05) is 0 Å². The minimum absolute atomic E-state index is 0.885. The predicted molar refractivity (Wildman–Crippen MR) is 47.7 cm³/mol. The number of rotatable bonds is 4. The summed E-state index contributed by atoms with van der Waals surface area (Å²) in [5, 5.41) is 2.28. The van der Waals surface area contributed by atoms with Gasteiger partial charge < -0.3 is 4.74 Å². The average Bonchev–Trinajstić information content (AvgIpc) is 2.90. The summed E-state index contributed by atoms with van der Waals surface area (Å²) >= 11 is 0. The smallest absolute Gasteiger partial charge is 0.0608 e. The van der Waals surface area contributed by atoms with Crippen LogP contribution in [-0.4, -0.2) is 37.9 Å². The summed E-state index contributed by atoms with van der Waals surface area (Å²) < 4.78 is 5.26. The Hall–Kier alpha value is -0.120. The lowest BCUT2D eigenvalue weighted by Gasteiger charge is -2.27. The molecule has 1 saturated carbocycles. The SMILES string of the molecule is C(CC1CC1)NN1CCOCC1. The van der Waals surface area contributed by atoms with Crippen molar-refractivity contribution in [2.45, 2.75) is 19.3 Å². The fourth-order valence-electron chi connectivity index (χ4n) is 1.55. The van der Waals surface area contributed by atoms with Gasteiger partial charge in [-0.1, -0.05) is 12.8 Å². The highest BCUT2D eigenvalue weighted by Crippen LogP contribution is 2.31. The van der Waals surface area contributed by atoms with E-state index >= 15 is 0 Å². The van der Waals surface area contributed by atoms with Gasteiger partial charge in [0.15, 0.2) is 0 Å². The van der Waals surface area contributed by atoms with E-state index in [9.17, 15) is 0 Å². The molecular weight excluding hydrogens is 152 g/mol. The molecule has 2 rings (SSSR count). The zero-order valence-electron chi connectivity index (χ0n) is 7.59. The van der Waals surface area contributed by atoms with Crippen LogP contribution in [0.25, 0.3) is 0 Å². The summed E-state index contributed by atoms with van der Waals surface area (Å²) in [7, 11) is 0. The van der Waals surface area contributed by atoms with Crippen LogP contribution in [0.1, 0.15) is 19.3 Å². The molecule has 2 aliphatic rings. The first kappa shape index (κ1) is 8.48. The van der Waals surface area contributed by atoms with E-state index in [1.54, 1.807) is 0 Å². The van der Waals surface area contributed by atoms with Gasteiger partial charge in [-0.05, 0) is 12.3 Å². The molecule has 0 aromatic rings. The van der Waals surface area contributed by atoms with Crippen LogP contribution in [0, 0.1) is 5.92 Å². The molecule has 1 aliphatic carbocycles. The lowest BCUT2D eigenvalue weighted by atomic mass is 10.3. The maximum absolute atomic E-state index is 5.26. The predicted octanol–water partition coefficient (Wildman–Crippen LogP) is 0.623. The van der Waals surface area contributed by atoms with E-state index in [4.69, 9.17) is 4.74 Å². The number of nitrogens with one attached hydrogen (secondary N) is 1. The Morgan fingerprint density at radius 3 is 2.67 bits per heavy atom. The molecule has 1 N–H and O–H groups in total. The quantitative estimate of drug-likeness (QED) is 0.669. The number of nitrogens with zero attached hydrogens (tertiary/aromatic N) is 1. The van der Waals surface area contributed by atoms with Crippen molar-refractivity contribution in [1.29, 1.82) is 0 Å². The molecule has 0 radical (unpaired) electrons. The van der Waals surface area contributed by atoms with Gasteiger partial charge in [0.25, 0.3) is 0 Å². The van der Waals surface area contributed by atoms with Crippen LogP contribution in [0.2, 0.25) is 0 Å². The Kier molecular flexibility index (Phi) is 2.98. The van der Waals surface area contributed by atoms with Crippen LogP contribution in [0.3, 0.4) is 0 Å². The zero-order valence-corrected chi connectivity index (χ0v) is 7.59. The van der Waals surface area contributed by atoms with Gasteiger partial charge in [0.05, 0.1) is 13.2 Å². The summed E-state index contributed by atoms with van der Waals surface area (Å²) in [5.74, 6) is 1.04. The first-order chi connectivity index (χ1) is 5.95. The summed E-state index contributed by atoms with van der Waals surface area (Å²) in [6.45, 7) is 5.02. The summed E-state index contributed by atoms with van der Waals surface area (Å²) in [5.41, 5.74) is 3.45. The van der Waals surface area contributed by atoms with Gasteiger partial charge in [-0.15, -0.1) is 0 Å². The third-order valence-corrected chi connectivity index (χ3v) is 2.60. The average molecular weight is 170 g/mol. The molecule has 0 unspecified atom stereocenters. The normalized spacial score (nSPS) is 26.0. The van der Waals surface area contributed by atoms with Gasteiger partial charge in [0.2, 0.25) is 0 Å². The number of morpholine rings is 1. The highest BCUT2D eigenvalue weighted by molar-refractivity contribution is 4.73. The molecule has 0 atom stereocenters. The highest BCUT2D eigenvalue weighted by atomic mass is 16.5. The van der Waals surface area contributed by atoms with Crippen molar-refractivity contribution >= 4 is 0 Å². The molecule has 3 heteroatoms. The van der Waals surface area contributed by atoms with Crippen molar-refractivity contribution in [3.63, 3.8) is 0 Å². The fourth-order valence-corrected chi connectivity index (χ4v) is 1.55. The Balaban J connectivity index is 1.52. The second-order valence-corrected chi connectivity index (χ2v) is 3.74. The molecule has 0 amide bonds. The number of hydrogen-bond acceptors (Lipinski definition) is 3. The Morgan fingerprint density at radius 1 is 1.25 bits per heavy atom.